The number of hydrogen-bond acceptors (Lipinski definition) is 10. The summed E-state index contributed by atoms with van der Waals surface area (Å²) in [6.07, 6.45) is -7.42. The lowest BCUT2D eigenvalue weighted by Gasteiger charge is -2.24. The summed E-state index contributed by atoms with van der Waals surface area (Å²) >= 11 is 0. The molecule has 0 radical (unpaired) electrons. The quantitative estimate of drug-likeness (QED) is 0.491. The monoisotopic (exact) mass is 540 g/mol. The van der Waals surface area contributed by atoms with Crippen molar-refractivity contribution in [2.24, 2.45) is 9.98 Å². The van der Waals surface area contributed by atoms with Crippen LogP contribution in [-0.2, 0) is 16.4 Å². The van der Waals surface area contributed by atoms with Gasteiger partial charge in [-0.15, -0.1) is 0 Å². The van der Waals surface area contributed by atoms with Crippen LogP contribution in [0.15, 0.2) is 28.6 Å². The molecule has 1 unspecified atom stereocenters. The van der Waals surface area contributed by atoms with Crippen LogP contribution in [0.2, 0.25) is 0 Å². The normalized spacial score (nSPS) is 21.0. The van der Waals surface area contributed by atoms with Crippen molar-refractivity contribution < 1.29 is 31.1 Å². The largest absolute Gasteiger partial charge is 0.434 e. The van der Waals surface area contributed by atoms with E-state index in [9.17, 15) is 31.1 Å². The van der Waals surface area contributed by atoms with E-state index in [1.54, 1.807) is 0 Å². The Balaban J connectivity index is 1.49. The Morgan fingerprint density at radius 1 is 1.13 bits per heavy atom. The average molecular weight is 540 g/mol. The van der Waals surface area contributed by atoms with Crippen LogP contribution in [0.25, 0.3) is 5.70 Å². The summed E-state index contributed by atoms with van der Waals surface area (Å²) in [7, 11) is 0. The fourth-order valence-corrected chi connectivity index (χ4v) is 4.25. The smallest absolute Gasteiger partial charge is 0.383 e. The van der Waals surface area contributed by atoms with Gasteiger partial charge in [-0.25, -0.2) is 30.4 Å². The van der Waals surface area contributed by atoms with Gasteiger partial charge in [0.25, 0.3) is 0 Å². The van der Waals surface area contributed by atoms with Crippen LogP contribution in [0, 0.1) is 0 Å². The Morgan fingerprint density at radius 3 is 2.55 bits per heavy atom. The highest BCUT2D eigenvalue weighted by atomic mass is 19.4. The molecule has 200 valence electrons. The number of nitrogens with one attached hydrogen (secondary N) is 2. The molecule has 0 aliphatic carbocycles. The molecule has 3 aliphatic heterocycles. The van der Waals surface area contributed by atoms with Crippen LogP contribution in [-0.4, -0.2) is 55.2 Å². The Labute approximate surface area is 210 Å². The van der Waals surface area contributed by atoms with Gasteiger partial charge >= 0.3 is 12.4 Å². The van der Waals surface area contributed by atoms with E-state index >= 15 is 0 Å². The number of aliphatic imine (C=N–C) groups is 2. The molecule has 0 spiro atoms. The highest BCUT2D eigenvalue weighted by Gasteiger charge is 2.49. The van der Waals surface area contributed by atoms with E-state index in [1.165, 1.54) is 18.1 Å². The number of hydrazine groups is 1. The summed E-state index contributed by atoms with van der Waals surface area (Å²) in [4.78, 5) is 37.3. The first kappa shape index (κ1) is 25.5. The molecule has 0 saturated carbocycles. The molecular formula is C21H18F6N10O. The molecule has 5 rings (SSSR count). The van der Waals surface area contributed by atoms with Gasteiger partial charge in [0, 0.05) is 6.42 Å². The van der Waals surface area contributed by atoms with Gasteiger partial charge in [-0.3, -0.25) is 14.8 Å². The van der Waals surface area contributed by atoms with E-state index in [0.29, 0.717) is 12.0 Å². The van der Waals surface area contributed by atoms with E-state index in [-0.39, 0.29) is 59.6 Å². The van der Waals surface area contributed by atoms with E-state index in [4.69, 9.17) is 5.73 Å². The number of amidine groups is 1. The summed E-state index contributed by atoms with van der Waals surface area (Å²) in [6.45, 7) is 1.59. The van der Waals surface area contributed by atoms with Crippen molar-refractivity contribution in [2.75, 3.05) is 17.7 Å². The molecular weight excluding hydrogens is 522 g/mol. The molecule has 0 saturated heterocycles. The second-order valence-corrected chi connectivity index (χ2v) is 8.73. The van der Waals surface area contributed by atoms with E-state index < -0.39 is 35.8 Å². The predicted molar refractivity (Wildman–Crippen MR) is 121 cm³/mol. The van der Waals surface area contributed by atoms with Crippen LogP contribution < -0.4 is 16.5 Å². The first-order valence-corrected chi connectivity index (χ1v) is 11.1. The number of carbonyl (C=O) groups is 1. The van der Waals surface area contributed by atoms with Crippen molar-refractivity contribution in [3.8, 4) is 0 Å². The number of nitrogen functional groups attached to an aromatic ring is 1. The van der Waals surface area contributed by atoms with E-state index in [0.717, 1.165) is 6.20 Å². The SMILES string of the molecule is CC1(c2cnc(C(F)(F)F)cn2)C(=O)Nc2nc(C3=CN4NCN=C4C(CCCC(F)(F)F)=N3)nc(N)c21. The van der Waals surface area contributed by atoms with Crippen LogP contribution in [0.4, 0.5) is 38.0 Å². The highest BCUT2D eigenvalue weighted by Crippen LogP contribution is 2.44. The summed E-state index contributed by atoms with van der Waals surface area (Å²) in [6, 6.07) is 0. The van der Waals surface area contributed by atoms with Gasteiger partial charge in [0.1, 0.15) is 29.4 Å². The fraction of sp³-hybridized carbons (Fsp3) is 0.381. The van der Waals surface area contributed by atoms with E-state index in [2.05, 4.69) is 40.7 Å². The first-order valence-electron chi connectivity index (χ1n) is 11.1. The number of nitrogens with two attached hydrogens (primary N) is 1. The number of amides is 1. The number of hydrogen-bond donors (Lipinski definition) is 3. The molecule has 38 heavy (non-hydrogen) atoms. The molecule has 17 heteroatoms. The summed E-state index contributed by atoms with van der Waals surface area (Å²) in [5.41, 5.74) is 6.67. The van der Waals surface area contributed by atoms with Crippen molar-refractivity contribution in [1.29, 1.82) is 0 Å². The molecule has 3 aliphatic rings. The number of anilines is 2. The van der Waals surface area contributed by atoms with Crippen LogP contribution in [0.5, 0.6) is 0 Å². The molecule has 11 nitrogen and oxygen atoms in total. The van der Waals surface area contributed by atoms with Gasteiger partial charge in [-0.05, 0) is 19.8 Å². The summed E-state index contributed by atoms with van der Waals surface area (Å²) in [5, 5.41) is 4.03. The third-order valence-electron chi connectivity index (χ3n) is 6.14. The second-order valence-electron chi connectivity index (χ2n) is 8.73. The van der Waals surface area contributed by atoms with Crippen molar-refractivity contribution >= 4 is 34.8 Å². The van der Waals surface area contributed by atoms with Gasteiger partial charge in [0.2, 0.25) is 5.91 Å². The van der Waals surface area contributed by atoms with Crippen LogP contribution >= 0.6 is 0 Å². The number of carbonyl (C=O) groups excluding carboxylic acids is 1. The van der Waals surface area contributed by atoms with Crippen molar-refractivity contribution in [1.82, 2.24) is 30.4 Å². The van der Waals surface area contributed by atoms with Gasteiger partial charge in [0.05, 0.1) is 35.6 Å². The number of alkyl halides is 6. The van der Waals surface area contributed by atoms with Gasteiger partial charge < -0.3 is 11.1 Å². The maximum Gasteiger partial charge on any atom is 0.434 e. The lowest BCUT2D eigenvalue weighted by molar-refractivity contribution is -0.141. The maximum atomic E-state index is 13.0. The molecule has 0 fully saturated rings. The van der Waals surface area contributed by atoms with E-state index in [1.807, 2.05) is 0 Å². The topological polar surface area (TPSA) is 147 Å². The zero-order chi connectivity index (χ0) is 27.5. The molecule has 4 N–H and O–H groups in total. The second kappa shape index (κ2) is 8.71. The molecule has 1 atom stereocenters. The Hall–Kier alpha value is -4.15. The third-order valence-corrected chi connectivity index (χ3v) is 6.14. The lowest BCUT2D eigenvalue weighted by Crippen LogP contribution is -2.39. The number of halogens is 6. The van der Waals surface area contributed by atoms with Gasteiger partial charge in [0.15, 0.2) is 17.4 Å². The standard InChI is InChI=1S/C21H18F6N10O/c1-19(11-5-30-12(6-29-11)21(25,26)27)13-14(28)34-15(35-16(13)36-18(19)38)10-7-37-17(31-8-32-37)9(33-10)3-2-4-20(22,23)24/h5-7,32H,2-4,8H2,1H3,(H3,28,34,35,36,38). The Kier molecular flexibility index (Phi) is 5.85. The van der Waals surface area contributed by atoms with Crippen molar-refractivity contribution in [3.63, 3.8) is 0 Å². The Bertz CT molecular complexity index is 1400. The number of nitrogens with zero attached hydrogens (tertiary/aromatic N) is 7. The van der Waals surface area contributed by atoms with Crippen LogP contribution in [0.3, 0.4) is 0 Å². The third kappa shape index (κ3) is 4.42. The minimum absolute atomic E-state index is 0.00901. The van der Waals surface area contributed by atoms with Gasteiger partial charge in [-0.1, -0.05) is 0 Å². The predicted octanol–water partition coefficient (Wildman–Crippen LogP) is 2.79. The maximum absolute atomic E-state index is 13.0. The number of fused-ring (bicyclic) bond motifs is 2. The van der Waals surface area contributed by atoms with Crippen molar-refractivity contribution in [2.45, 2.75) is 44.0 Å². The zero-order valence-electron chi connectivity index (χ0n) is 19.4. The van der Waals surface area contributed by atoms with Gasteiger partial charge in [-0.2, -0.15) is 26.3 Å². The fourth-order valence-electron chi connectivity index (χ4n) is 4.25. The van der Waals surface area contributed by atoms with Crippen LogP contribution in [0.1, 0.15) is 49.0 Å². The molecule has 1 amide bonds. The zero-order valence-corrected chi connectivity index (χ0v) is 19.4. The first-order chi connectivity index (χ1) is 17.8. The molecule has 0 aromatic carbocycles. The molecule has 2 aromatic heterocycles. The summed E-state index contributed by atoms with van der Waals surface area (Å²) < 4.78 is 76.7. The molecule has 2 aromatic rings. The Morgan fingerprint density at radius 2 is 1.89 bits per heavy atom. The number of aromatic nitrogens is 4. The number of rotatable bonds is 5. The molecule has 0 bridgehead atoms. The van der Waals surface area contributed by atoms with Crippen molar-refractivity contribution in [3.05, 3.63) is 41.4 Å². The lowest BCUT2D eigenvalue weighted by atomic mass is 9.81. The minimum atomic E-state index is -4.71. The molecule has 5 heterocycles. The average Bonchev–Trinajstić information content (AvgIpc) is 3.40. The minimum Gasteiger partial charge on any atom is -0.383 e. The highest BCUT2D eigenvalue weighted by molar-refractivity contribution is 6.43. The summed E-state index contributed by atoms with van der Waals surface area (Å²) in [5.74, 6) is -0.511.